The fourth-order valence-corrected chi connectivity index (χ4v) is 7.12. The number of rotatable bonds is 7. The first-order chi connectivity index (χ1) is 19.0. The van der Waals surface area contributed by atoms with E-state index in [4.69, 9.17) is 0 Å². The van der Waals surface area contributed by atoms with Crippen molar-refractivity contribution < 1.29 is 30.4 Å². The Labute approximate surface area is 229 Å². The number of allylic oxidation sites excluding steroid dienone is 4. The van der Waals surface area contributed by atoms with Crippen LogP contribution in [0.1, 0.15) is 38.5 Å². The van der Waals surface area contributed by atoms with Crippen molar-refractivity contribution in [2.75, 3.05) is 23.1 Å². The fourth-order valence-electron chi connectivity index (χ4n) is 6.04. The van der Waals surface area contributed by atoms with Crippen molar-refractivity contribution >= 4 is 21.5 Å². The van der Waals surface area contributed by atoms with Gasteiger partial charge in [0.05, 0.1) is 5.69 Å². The molecule has 2 aliphatic carbocycles. The van der Waals surface area contributed by atoms with Gasteiger partial charge in [0.15, 0.2) is 0 Å². The largest absolute Gasteiger partial charge is 0.412 e. The summed E-state index contributed by atoms with van der Waals surface area (Å²) in [5.74, 6) is -2.37. The standard InChI is InChI=1S/C27H30F5N5O2S/c28-20-15-25(40(38,39)36-26-8-9-33-16-34-26)21(29)14-23(20)35-22-7-6-18(13-24(22)37-10-1-2-11-37)17-4-3-5-19(12-17)27(30,31)32/h3-5,8-9,14-18,22,24,35H,1-2,6-7,10-13H2,(H,33,34,36)/t17?,18-,22-,24-/m0/s1. The van der Waals surface area contributed by atoms with Gasteiger partial charge in [-0.1, -0.05) is 18.2 Å². The molecule has 2 aromatic rings. The van der Waals surface area contributed by atoms with Gasteiger partial charge in [-0.25, -0.2) is 27.2 Å². The number of nitrogens with zero attached hydrogens (tertiary/aromatic N) is 3. The monoisotopic (exact) mass is 583 g/mol. The van der Waals surface area contributed by atoms with Crippen LogP contribution in [0, 0.1) is 23.5 Å². The number of sulfonamides is 1. The average molecular weight is 584 g/mol. The summed E-state index contributed by atoms with van der Waals surface area (Å²) in [6, 6.07) is 2.38. The Morgan fingerprint density at radius 2 is 1.82 bits per heavy atom. The van der Waals surface area contributed by atoms with E-state index in [1.807, 2.05) is 6.08 Å². The van der Waals surface area contributed by atoms with E-state index in [1.165, 1.54) is 18.3 Å². The molecule has 13 heteroatoms. The van der Waals surface area contributed by atoms with E-state index in [0.29, 0.717) is 25.3 Å². The van der Waals surface area contributed by atoms with E-state index in [2.05, 4.69) is 24.9 Å². The van der Waals surface area contributed by atoms with Crippen molar-refractivity contribution in [1.82, 2.24) is 14.9 Å². The summed E-state index contributed by atoms with van der Waals surface area (Å²) in [5, 5.41) is 3.10. The second-order valence-electron chi connectivity index (χ2n) is 10.5. The maximum atomic E-state index is 15.2. The SMILES string of the molecule is O=S(=O)(Nc1ccncn1)c1cc(F)c(N[C@H]2CC[C@H](C3C=CC=C(C(F)(F)F)C3)C[C@@H]2N2CCCC2)cc1F. The van der Waals surface area contributed by atoms with Gasteiger partial charge in [0.25, 0.3) is 10.0 Å². The average Bonchev–Trinajstić information content (AvgIpc) is 3.45. The lowest BCUT2D eigenvalue weighted by atomic mass is 9.72. The van der Waals surface area contributed by atoms with Crippen molar-refractivity contribution in [2.24, 2.45) is 11.8 Å². The van der Waals surface area contributed by atoms with Gasteiger partial charge in [0.2, 0.25) is 0 Å². The van der Waals surface area contributed by atoms with Gasteiger partial charge >= 0.3 is 6.18 Å². The van der Waals surface area contributed by atoms with Crippen molar-refractivity contribution in [3.05, 3.63) is 66.2 Å². The highest BCUT2D eigenvalue weighted by Crippen LogP contribution is 2.42. The van der Waals surface area contributed by atoms with Gasteiger partial charge in [0, 0.05) is 29.9 Å². The molecule has 7 nitrogen and oxygen atoms in total. The number of anilines is 2. The topological polar surface area (TPSA) is 87.2 Å². The number of aromatic nitrogens is 2. The Hall–Kier alpha value is -3.06. The van der Waals surface area contributed by atoms with Crippen molar-refractivity contribution in [2.45, 2.75) is 61.7 Å². The molecule has 2 heterocycles. The van der Waals surface area contributed by atoms with Crippen molar-refractivity contribution in [3.8, 4) is 0 Å². The fraction of sp³-hybridized carbons (Fsp3) is 0.481. The van der Waals surface area contributed by atoms with E-state index in [0.717, 1.165) is 44.4 Å². The molecule has 4 atom stereocenters. The van der Waals surface area contributed by atoms with Crippen molar-refractivity contribution in [3.63, 3.8) is 0 Å². The van der Waals surface area contributed by atoms with Gasteiger partial charge in [-0.05, 0) is 75.6 Å². The summed E-state index contributed by atoms with van der Waals surface area (Å²) in [7, 11) is -4.46. The number of hydrogen-bond acceptors (Lipinski definition) is 6. The number of halogens is 5. The molecule has 1 aromatic heterocycles. The summed E-state index contributed by atoms with van der Waals surface area (Å²) >= 11 is 0. The molecule has 0 amide bonds. The first-order valence-corrected chi connectivity index (χ1v) is 14.7. The Morgan fingerprint density at radius 1 is 1.05 bits per heavy atom. The van der Waals surface area contributed by atoms with Crippen LogP contribution in [-0.2, 0) is 10.0 Å². The summed E-state index contributed by atoms with van der Waals surface area (Å²) in [5.41, 5.74) is -0.689. The van der Waals surface area contributed by atoms with Crippen LogP contribution in [0.3, 0.4) is 0 Å². The van der Waals surface area contributed by atoms with E-state index in [1.54, 1.807) is 0 Å². The molecular formula is C27H30F5N5O2S. The Bertz CT molecular complexity index is 1380. The minimum Gasteiger partial charge on any atom is -0.378 e. The summed E-state index contributed by atoms with van der Waals surface area (Å²) < 4.78 is 97.8. The molecule has 1 saturated heterocycles. The van der Waals surface area contributed by atoms with Crippen LogP contribution in [0.2, 0.25) is 0 Å². The van der Waals surface area contributed by atoms with E-state index >= 15 is 8.78 Å². The van der Waals surface area contributed by atoms with Gasteiger partial charge in [-0.15, -0.1) is 0 Å². The van der Waals surface area contributed by atoms with E-state index in [9.17, 15) is 21.6 Å². The zero-order valence-electron chi connectivity index (χ0n) is 21.5. The van der Waals surface area contributed by atoms with Crippen LogP contribution < -0.4 is 10.0 Å². The second kappa shape index (κ2) is 11.4. The Kier molecular flexibility index (Phi) is 8.14. The van der Waals surface area contributed by atoms with E-state index < -0.39 is 38.3 Å². The predicted octanol–water partition coefficient (Wildman–Crippen LogP) is 5.67. The third-order valence-corrected chi connectivity index (χ3v) is 9.39. The molecule has 2 fully saturated rings. The smallest absolute Gasteiger partial charge is 0.378 e. The predicted molar refractivity (Wildman–Crippen MR) is 140 cm³/mol. The maximum Gasteiger partial charge on any atom is 0.412 e. The molecule has 0 radical (unpaired) electrons. The van der Waals surface area contributed by atoms with Gasteiger partial charge in [0.1, 0.15) is 28.7 Å². The number of alkyl halides is 3. The van der Waals surface area contributed by atoms with Crippen LogP contribution in [-0.4, -0.2) is 54.6 Å². The molecule has 5 rings (SSSR count). The number of likely N-dealkylation sites (tertiary alicyclic amines) is 1. The van der Waals surface area contributed by atoms with Gasteiger partial charge < -0.3 is 5.32 Å². The molecule has 3 aliphatic rings. The highest BCUT2D eigenvalue weighted by atomic mass is 32.2. The third-order valence-electron chi connectivity index (χ3n) is 8.02. The van der Waals surface area contributed by atoms with Crippen molar-refractivity contribution in [1.29, 1.82) is 0 Å². The summed E-state index contributed by atoms with van der Waals surface area (Å²) in [4.78, 5) is 8.84. The van der Waals surface area contributed by atoms with Gasteiger partial charge in [-0.2, -0.15) is 13.2 Å². The zero-order chi connectivity index (χ0) is 28.5. The Morgan fingerprint density at radius 3 is 2.52 bits per heavy atom. The first-order valence-electron chi connectivity index (χ1n) is 13.2. The normalized spacial score (nSPS) is 26.0. The minimum absolute atomic E-state index is 0.0212. The molecule has 2 N–H and O–H groups in total. The lowest BCUT2D eigenvalue weighted by Gasteiger charge is -2.44. The first kappa shape index (κ1) is 28.5. The number of hydrogen-bond donors (Lipinski definition) is 2. The molecule has 1 aliphatic heterocycles. The van der Waals surface area contributed by atoms with Crippen LogP contribution in [0.15, 0.2) is 59.4 Å². The molecule has 216 valence electrons. The minimum atomic E-state index is -4.46. The van der Waals surface area contributed by atoms with Crippen LogP contribution >= 0.6 is 0 Å². The molecular weight excluding hydrogens is 553 g/mol. The molecule has 1 unspecified atom stereocenters. The van der Waals surface area contributed by atoms with Gasteiger partial charge in [-0.3, -0.25) is 9.62 Å². The zero-order valence-corrected chi connectivity index (χ0v) is 22.4. The molecule has 40 heavy (non-hydrogen) atoms. The summed E-state index contributed by atoms with van der Waals surface area (Å²) in [6.45, 7) is 1.65. The maximum absolute atomic E-state index is 15.2. The third kappa shape index (κ3) is 6.30. The van der Waals surface area contributed by atoms with Crippen LogP contribution in [0.25, 0.3) is 0 Å². The highest BCUT2D eigenvalue weighted by Gasteiger charge is 2.41. The lowest BCUT2D eigenvalue weighted by Crippen LogP contribution is -2.50. The van der Waals surface area contributed by atoms with E-state index in [-0.39, 0.29) is 41.8 Å². The van der Waals surface area contributed by atoms with Crippen LogP contribution in [0.4, 0.5) is 33.5 Å². The molecule has 1 saturated carbocycles. The second-order valence-corrected chi connectivity index (χ2v) is 12.2. The Balaban J connectivity index is 1.33. The highest BCUT2D eigenvalue weighted by molar-refractivity contribution is 7.92. The quantitative estimate of drug-likeness (QED) is 0.409. The number of nitrogens with one attached hydrogen (secondary N) is 2. The number of benzene rings is 1. The molecule has 1 aromatic carbocycles. The molecule has 0 spiro atoms. The summed E-state index contributed by atoms with van der Waals surface area (Å²) in [6.07, 6.45) is 6.25. The van der Waals surface area contributed by atoms with Crippen LogP contribution in [0.5, 0.6) is 0 Å². The lowest BCUT2D eigenvalue weighted by molar-refractivity contribution is -0.0958. The molecule has 0 bridgehead atoms.